The van der Waals surface area contributed by atoms with Gasteiger partial charge in [0.25, 0.3) is 0 Å². The van der Waals surface area contributed by atoms with Crippen molar-refractivity contribution in [3.05, 3.63) is 46.0 Å². The number of thiol groups is 1. The van der Waals surface area contributed by atoms with Gasteiger partial charge in [-0.25, -0.2) is 0 Å². The molecular formula is C8H9NO3S. The summed E-state index contributed by atoms with van der Waals surface area (Å²) in [4.78, 5) is 9.82. The summed E-state index contributed by atoms with van der Waals surface area (Å²) in [5, 5.41) is 20.2. The van der Waals surface area contributed by atoms with E-state index in [1.54, 1.807) is 18.2 Å². The summed E-state index contributed by atoms with van der Waals surface area (Å²) >= 11 is 3.76. The molecule has 1 aromatic rings. The minimum Gasteiger partial charge on any atom is -0.326 e. The van der Waals surface area contributed by atoms with Gasteiger partial charge in [-0.05, 0) is 12.1 Å². The van der Waals surface area contributed by atoms with Gasteiger partial charge in [0.05, 0.1) is 16.2 Å². The van der Waals surface area contributed by atoms with Crippen LogP contribution in [0.5, 0.6) is 0 Å². The fourth-order valence-corrected chi connectivity index (χ4v) is 1.26. The standard InChI is InChI=1S/C8H9NO3S/c10-8(6-13,9(11)12)7-4-2-1-3-5-7/h1-5,10,13H,6H2. The lowest BCUT2D eigenvalue weighted by atomic mass is 10.1. The summed E-state index contributed by atoms with van der Waals surface area (Å²) in [5.74, 6) is -0.246. The van der Waals surface area contributed by atoms with Crippen LogP contribution in [-0.4, -0.2) is 15.8 Å². The molecule has 0 saturated carbocycles. The first kappa shape index (κ1) is 10.0. The zero-order valence-electron chi connectivity index (χ0n) is 6.75. The first-order chi connectivity index (χ1) is 6.11. The third-order valence-electron chi connectivity index (χ3n) is 1.76. The van der Waals surface area contributed by atoms with Crippen LogP contribution in [0.1, 0.15) is 5.56 Å². The van der Waals surface area contributed by atoms with Crippen LogP contribution in [0.25, 0.3) is 0 Å². The van der Waals surface area contributed by atoms with E-state index < -0.39 is 10.6 Å². The van der Waals surface area contributed by atoms with Crippen LogP contribution in [0.15, 0.2) is 30.3 Å². The largest absolute Gasteiger partial charge is 0.357 e. The number of rotatable bonds is 3. The number of benzene rings is 1. The van der Waals surface area contributed by atoms with Gasteiger partial charge in [0, 0.05) is 0 Å². The maximum atomic E-state index is 10.6. The Balaban J connectivity index is 3.11. The Labute approximate surface area is 80.8 Å². The van der Waals surface area contributed by atoms with E-state index in [2.05, 4.69) is 12.6 Å². The van der Waals surface area contributed by atoms with Crippen molar-refractivity contribution in [3.63, 3.8) is 0 Å². The zero-order chi connectivity index (χ0) is 9.90. The van der Waals surface area contributed by atoms with Crippen molar-refractivity contribution in [2.45, 2.75) is 5.72 Å². The third kappa shape index (κ3) is 1.81. The Bertz CT molecular complexity index is 304. The normalized spacial score (nSPS) is 14.9. The van der Waals surface area contributed by atoms with E-state index in [-0.39, 0.29) is 11.3 Å². The lowest BCUT2D eigenvalue weighted by molar-refractivity contribution is -0.628. The van der Waals surface area contributed by atoms with E-state index >= 15 is 0 Å². The molecule has 1 aromatic carbocycles. The van der Waals surface area contributed by atoms with Crippen molar-refractivity contribution in [3.8, 4) is 0 Å². The van der Waals surface area contributed by atoms with Gasteiger partial charge in [-0.3, -0.25) is 10.1 Å². The number of aliphatic hydroxyl groups is 1. The Kier molecular flexibility index (Phi) is 2.90. The Morgan fingerprint density at radius 3 is 2.38 bits per heavy atom. The van der Waals surface area contributed by atoms with Crippen LogP contribution in [0.2, 0.25) is 0 Å². The van der Waals surface area contributed by atoms with E-state index in [1.165, 1.54) is 12.1 Å². The second-order valence-electron chi connectivity index (χ2n) is 2.60. The lowest BCUT2D eigenvalue weighted by Crippen LogP contribution is -2.36. The Morgan fingerprint density at radius 1 is 1.46 bits per heavy atom. The van der Waals surface area contributed by atoms with Crippen molar-refractivity contribution in [1.29, 1.82) is 0 Å². The van der Waals surface area contributed by atoms with Crippen molar-refractivity contribution in [2.75, 3.05) is 5.75 Å². The molecule has 0 aliphatic carbocycles. The molecular weight excluding hydrogens is 190 g/mol. The van der Waals surface area contributed by atoms with Crippen LogP contribution >= 0.6 is 12.6 Å². The van der Waals surface area contributed by atoms with Crippen LogP contribution < -0.4 is 0 Å². The molecule has 0 aliphatic heterocycles. The highest BCUT2D eigenvalue weighted by Crippen LogP contribution is 2.22. The molecule has 1 rings (SSSR count). The molecule has 0 spiro atoms. The average Bonchev–Trinajstić information content (AvgIpc) is 2.17. The van der Waals surface area contributed by atoms with E-state index in [4.69, 9.17) is 0 Å². The number of nitro groups is 1. The number of nitrogens with zero attached hydrogens (tertiary/aromatic N) is 1. The van der Waals surface area contributed by atoms with Crippen molar-refractivity contribution < 1.29 is 10.0 Å². The predicted octanol–water partition coefficient (Wildman–Crippen LogP) is 1.04. The van der Waals surface area contributed by atoms with Crippen molar-refractivity contribution >= 4 is 12.6 Å². The minimum atomic E-state index is -2.08. The number of hydrogen-bond donors (Lipinski definition) is 2. The fourth-order valence-electron chi connectivity index (χ4n) is 0.960. The lowest BCUT2D eigenvalue weighted by Gasteiger charge is -2.16. The van der Waals surface area contributed by atoms with Crippen molar-refractivity contribution in [1.82, 2.24) is 0 Å². The van der Waals surface area contributed by atoms with Gasteiger partial charge in [-0.1, -0.05) is 18.2 Å². The smallest absolute Gasteiger partial charge is 0.326 e. The molecule has 4 nitrogen and oxygen atoms in total. The maximum Gasteiger partial charge on any atom is 0.357 e. The van der Waals surface area contributed by atoms with Crippen LogP contribution in [0.4, 0.5) is 0 Å². The first-order valence-electron chi connectivity index (χ1n) is 3.64. The van der Waals surface area contributed by atoms with E-state index in [0.717, 1.165) is 0 Å². The van der Waals surface area contributed by atoms with Crippen LogP contribution in [0, 0.1) is 10.1 Å². The van der Waals surface area contributed by atoms with Gasteiger partial charge in [0.2, 0.25) is 0 Å². The van der Waals surface area contributed by atoms with Crippen LogP contribution in [0.3, 0.4) is 0 Å². The maximum absolute atomic E-state index is 10.6. The summed E-state index contributed by atoms with van der Waals surface area (Å²) < 4.78 is 0. The molecule has 0 fully saturated rings. The Hall–Kier alpha value is -1.07. The first-order valence-corrected chi connectivity index (χ1v) is 4.28. The summed E-state index contributed by atoms with van der Waals surface area (Å²) in [5.41, 5.74) is -1.83. The van der Waals surface area contributed by atoms with Crippen molar-refractivity contribution in [2.24, 2.45) is 0 Å². The summed E-state index contributed by atoms with van der Waals surface area (Å²) in [6.07, 6.45) is 0. The quantitative estimate of drug-likeness (QED) is 0.331. The van der Waals surface area contributed by atoms with Gasteiger partial charge in [-0.2, -0.15) is 12.6 Å². The molecule has 1 unspecified atom stereocenters. The molecule has 0 saturated heterocycles. The van der Waals surface area contributed by atoms with Gasteiger partial charge in [-0.15, -0.1) is 0 Å². The molecule has 5 heteroatoms. The monoisotopic (exact) mass is 199 g/mol. The highest BCUT2D eigenvalue weighted by molar-refractivity contribution is 7.80. The molecule has 0 aliphatic rings. The Morgan fingerprint density at radius 2 is 2.00 bits per heavy atom. The molecule has 70 valence electrons. The molecule has 0 heterocycles. The highest BCUT2D eigenvalue weighted by atomic mass is 32.1. The molecule has 0 bridgehead atoms. The molecule has 0 amide bonds. The summed E-state index contributed by atoms with van der Waals surface area (Å²) in [6.45, 7) is 0. The fraction of sp³-hybridized carbons (Fsp3) is 0.250. The predicted molar refractivity (Wildman–Crippen MR) is 51.2 cm³/mol. The molecule has 0 aromatic heterocycles. The third-order valence-corrected chi connectivity index (χ3v) is 2.20. The van der Waals surface area contributed by atoms with Gasteiger partial charge in [0.15, 0.2) is 0 Å². The second kappa shape index (κ2) is 3.76. The van der Waals surface area contributed by atoms with Gasteiger partial charge < -0.3 is 5.11 Å². The minimum absolute atomic E-state index is 0.245. The van der Waals surface area contributed by atoms with Gasteiger partial charge in [0.1, 0.15) is 0 Å². The molecule has 1 N–H and O–H groups in total. The van der Waals surface area contributed by atoms with Crippen LogP contribution in [-0.2, 0) is 5.72 Å². The zero-order valence-corrected chi connectivity index (χ0v) is 7.65. The van der Waals surface area contributed by atoms with E-state index in [9.17, 15) is 15.2 Å². The molecule has 13 heavy (non-hydrogen) atoms. The van der Waals surface area contributed by atoms with E-state index in [1.807, 2.05) is 0 Å². The average molecular weight is 199 g/mol. The van der Waals surface area contributed by atoms with E-state index in [0.29, 0.717) is 0 Å². The second-order valence-corrected chi connectivity index (χ2v) is 2.91. The summed E-state index contributed by atoms with van der Waals surface area (Å²) in [7, 11) is 0. The highest BCUT2D eigenvalue weighted by Gasteiger charge is 2.40. The molecule has 1 atom stereocenters. The topological polar surface area (TPSA) is 63.4 Å². The van der Waals surface area contributed by atoms with Gasteiger partial charge >= 0.3 is 5.72 Å². The SMILES string of the molecule is O=[N+]([O-])C(O)(CS)c1ccccc1. The molecule has 0 radical (unpaired) electrons. The number of hydrogen-bond acceptors (Lipinski definition) is 4. The summed E-state index contributed by atoms with van der Waals surface area (Å²) in [6, 6.07) is 7.99.